The van der Waals surface area contributed by atoms with E-state index in [1.54, 1.807) is 0 Å². The largest absolute Gasteiger partial charge is 0.416 e. The lowest BCUT2D eigenvalue weighted by Crippen LogP contribution is -2.43. The van der Waals surface area contributed by atoms with Gasteiger partial charge in [-0.15, -0.1) is 11.3 Å². The average molecular weight is 695 g/mol. The number of halogens is 6. The number of aliphatic hydroxyl groups excluding tert-OH is 1. The summed E-state index contributed by atoms with van der Waals surface area (Å²) in [5.41, 5.74) is -1.85. The SMILES string of the molecule is OCCO/N=C(/COCc1cc(C(F)(F)F)cc(C(F)(F)F)c1)C(CCN1CCC(O)(c2ccccc2)CC1)c1csc2ccccc12. The van der Waals surface area contributed by atoms with E-state index in [1.165, 1.54) is 11.3 Å². The fourth-order valence-corrected chi connectivity index (χ4v) is 7.02. The number of oxime groups is 1. The number of likely N-dealkylation sites (tertiary alicyclic amines) is 1. The van der Waals surface area contributed by atoms with Crippen LogP contribution in [0.15, 0.2) is 83.3 Å². The van der Waals surface area contributed by atoms with Crippen LogP contribution in [0.2, 0.25) is 0 Å². The van der Waals surface area contributed by atoms with E-state index in [0.29, 0.717) is 56.7 Å². The van der Waals surface area contributed by atoms with Crippen LogP contribution in [-0.4, -0.2) is 60.3 Å². The highest BCUT2D eigenvalue weighted by Crippen LogP contribution is 2.38. The lowest BCUT2D eigenvalue weighted by Gasteiger charge is -2.39. The minimum atomic E-state index is -4.98. The molecule has 1 saturated heterocycles. The predicted octanol–water partition coefficient (Wildman–Crippen LogP) is 7.98. The van der Waals surface area contributed by atoms with Gasteiger partial charge >= 0.3 is 12.4 Å². The molecule has 1 unspecified atom stereocenters. The van der Waals surface area contributed by atoms with Crippen LogP contribution in [0.25, 0.3) is 10.1 Å². The van der Waals surface area contributed by atoms with Crippen molar-refractivity contribution in [2.75, 3.05) is 39.5 Å². The van der Waals surface area contributed by atoms with Gasteiger partial charge in [0.1, 0.15) is 6.61 Å². The van der Waals surface area contributed by atoms with Gasteiger partial charge in [0.2, 0.25) is 0 Å². The number of ether oxygens (including phenoxy) is 1. The first kappa shape index (κ1) is 35.8. The van der Waals surface area contributed by atoms with E-state index in [-0.39, 0.29) is 37.4 Å². The van der Waals surface area contributed by atoms with Crippen molar-refractivity contribution in [2.45, 2.75) is 49.7 Å². The summed E-state index contributed by atoms with van der Waals surface area (Å²) < 4.78 is 87.4. The number of aliphatic hydroxyl groups is 2. The van der Waals surface area contributed by atoms with Crippen molar-refractivity contribution < 1.29 is 46.1 Å². The zero-order valence-corrected chi connectivity index (χ0v) is 26.8. The molecule has 0 spiro atoms. The van der Waals surface area contributed by atoms with Gasteiger partial charge in [0.15, 0.2) is 0 Å². The second-order valence-electron chi connectivity index (χ2n) is 11.8. The smallest absolute Gasteiger partial charge is 0.393 e. The molecular weight excluding hydrogens is 658 g/mol. The Morgan fingerprint density at radius 3 is 2.21 bits per heavy atom. The van der Waals surface area contributed by atoms with Crippen LogP contribution >= 0.6 is 11.3 Å². The van der Waals surface area contributed by atoms with E-state index >= 15 is 0 Å². The van der Waals surface area contributed by atoms with Gasteiger partial charge in [-0.05, 0) is 77.5 Å². The highest BCUT2D eigenvalue weighted by molar-refractivity contribution is 7.17. The summed E-state index contributed by atoms with van der Waals surface area (Å²) in [4.78, 5) is 7.60. The number of nitrogens with zero attached hydrogens (tertiary/aromatic N) is 2. The second-order valence-corrected chi connectivity index (χ2v) is 12.7. The molecule has 1 atom stereocenters. The molecule has 3 aromatic carbocycles. The lowest BCUT2D eigenvalue weighted by atomic mass is 9.84. The van der Waals surface area contributed by atoms with E-state index in [0.717, 1.165) is 21.2 Å². The number of rotatable bonds is 13. The molecular formula is C35H36F6N2O4S. The first-order valence-corrected chi connectivity index (χ1v) is 16.4. The summed E-state index contributed by atoms with van der Waals surface area (Å²) in [6.45, 7) is 0.687. The first-order valence-electron chi connectivity index (χ1n) is 15.5. The maximum atomic E-state index is 13.4. The van der Waals surface area contributed by atoms with Gasteiger partial charge in [0, 0.05) is 23.7 Å². The van der Waals surface area contributed by atoms with Gasteiger partial charge in [0.25, 0.3) is 0 Å². The Labute approximate surface area is 278 Å². The molecule has 6 nitrogen and oxygen atoms in total. The predicted molar refractivity (Wildman–Crippen MR) is 172 cm³/mol. The minimum absolute atomic E-state index is 0.0815. The molecule has 4 aromatic rings. The summed E-state index contributed by atoms with van der Waals surface area (Å²) >= 11 is 1.54. The van der Waals surface area contributed by atoms with Gasteiger partial charge in [-0.2, -0.15) is 26.3 Å². The molecule has 1 aliphatic heterocycles. The quantitative estimate of drug-likeness (QED) is 0.0643. The van der Waals surface area contributed by atoms with E-state index in [2.05, 4.69) is 10.1 Å². The molecule has 0 aliphatic carbocycles. The molecule has 5 rings (SSSR count). The molecule has 48 heavy (non-hydrogen) atoms. The fourth-order valence-electron chi connectivity index (χ4n) is 6.00. The van der Waals surface area contributed by atoms with Crippen LogP contribution < -0.4 is 0 Å². The Morgan fingerprint density at radius 2 is 1.56 bits per heavy atom. The first-order chi connectivity index (χ1) is 22.9. The fraction of sp³-hybridized carbons (Fsp3) is 0.400. The van der Waals surface area contributed by atoms with Gasteiger partial charge in [-0.25, -0.2) is 0 Å². The van der Waals surface area contributed by atoms with Crippen molar-refractivity contribution in [1.29, 1.82) is 0 Å². The van der Waals surface area contributed by atoms with Crippen molar-refractivity contribution in [2.24, 2.45) is 5.16 Å². The minimum Gasteiger partial charge on any atom is -0.393 e. The van der Waals surface area contributed by atoms with Crippen LogP contribution in [0.3, 0.4) is 0 Å². The molecule has 0 bridgehead atoms. The average Bonchev–Trinajstić information content (AvgIpc) is 3.49. The third-order valence-corrected chi connectivity index (χ3v) is 9.53. The summed E-state index contributed by atoms with van der Waals surface area (Å²) in [6, 6.07) is 18.7. The highest BCUT2D eigenvalue weighted by atomic mass is 32.1. The van der Waals surface area contributed by atoms with Gasteiger partial charge in [-0.1, -0.05) is 53.7 Å². The normalized spacial score (nSPS) is 16.7. The Morgan fingerprint density at radius 1 is 0.917 bits per heavy atom. The third kappa shape index (κ3) is 8.94. The Bertz CT molecular complexity index is 1630. The van der Waals surface area contributed by atoms with Crippen molar-refractivity contribution in [3.8, 4) is 0 Å². The van der Waals surface area contributed by atoms with Gasteiger partial charge in [0.05, 0.1) is 42.3 Å². The summed E-state index contributed by atoms with van der Waals surface area (Å²) in [5.74, 6) is -0.387. The summed E-state index contributed by atoms with van der Waals surface area (Å²) in [5, 5.41) is 27.9. The monoisotopic (exact) mass is 694 g/mol. The Hall–Kier alpha value is -3.49. The van der Waals surface area contributed by atoms with Crippen LogP contribution in [0.1, 0.15) is 53.0 Å². The summed E-state index contributed by atoms with van der Waals surface area (Å²) in [7, 11) is 0. The summed E-state index contributed by atoms with van der Waals surface area (Å²) in [6.07, 6.45) is -8.32. The van der Waals surface area contributed by atoms with Crippen molar-refractivity contribution in [1.82, 2.24) is 4.90 Å². The molecule has 2 N–H and O–H groups in total. The zero-order chi connectivity index (χ0) is 34.4. The third-order valence-electron chi connectivity index (χ3n) is 8.55. The van der Waals surface area contributed by atoms with Crippen LogP contribution in [0.5, 0.6) is 0 Å². The molecule has 258 valence electrons. The topological polar surface area (TPSA) is 74.5 Å². The molecule has 0 radical (unpaired) electrons. The van der Waals surface area contributed by atoms with E-state index in [1.807, 2.05) is 60.0 Å². The molecule has 1 aromatic heterocycles. The Kier molecular flexibility index (Phi) is 11.5. The van der Waals surface area contributed by atoms with Crippen LogP contribution in [0, 0.1) is 0 Å². The number of alkyl halides is 6. The number of hydrogen-bond acceptors (Lipinski definition) is 7. The molecule has 2 heterocycles. The van der Waals surface area contributed by atoms with E-state index in [9.17, 15) is 36.6 Å². The molecule has 13 heteroatoms. The number of thiophene rings is 1. The molecule has 1 aliphatic rings. The number of hydrogen-bond donors (Lipinski definition) is 2. The molecule has 0 amide bonds. The number of benzene rings is 3. The van der Waals surface area contributed by atoms with E-state index < -0.39 is 35.7 Å². The molecule has 0 saturated carbocycles. The van der Waals surface area contributed by atoms with Crippen molar-refractivity contribution in [3.63, 3.8) is 0 Å². The van der Waals surface area contributed by atoms with E-state index in [4.69, 9.17) is 9.57 Å². The zero-order valence-electron chi connectivity index (χ0n) is 25.9. The lowest BCUT2D eigenvalue weighted by molar-refractivity contribution is -0.143. The maximum absolute atomic E-state index is 13.4. The van der Waals surface area contributed by atoms with Crippen LogP contribution in [-0.2, 0) is 34.1 Å². The second kappa shape index (κ2) is 15.4. The van der Waals surface area contributed by atoms with Crippen molar-refractivity contribution >= 4 is 27.1 Å². The van der Waals surface area contributed by atoms with Crippen molar-refractivity contribution in [3.05, 3.63) is 106 Å². The number of piperidine rings is 1. The maximum Gasteiger partial charge on any atom is 0.416 e. The highest BCUT2D eigenvalue weighted by Gasteiger charge is 2.37. The standard InChI is InChI=1S/C35H36F6N2O4S/c36-34(37,38)26-18-24(19-27(20-26)35(39,40)41)21-46-22-31(42-47-17-16-44)28(30-23-48-32-9-5-4-8-29(30)32)10-13-43-14-11-33(45,12-15-43)25-6-2-1-3-7-25/h1-9,18-20,23,28,44-45H,10-17,21-22H2/b42-31-. The molecule has 1 fully saturated rings. The van der Waals surface area contributed by atoms with Gasteiger partial charge in [-0.3, -0.25) is 0 Å². The number of fused-ring (bicyclic) bond motifs is 1. The Balaban J connectivity index is 1.36. The van der Waals surface area contributed by atoms with Crippen LogP contribution in [0.4, 0.5) is 26.3 Å². The van der Waals surface area contributed by atoms with Gasteiger partial charge < -0.3 is 24.7 Å².